The zero-order valence-corrected chi connectivity index (χ0v) is 13.8. The standard InChI is InChI=1S/C18H14ClF2N3O/c19-16-4-2-1-3-13(16)15-8-25-18(15,9-24-11-22-10-23-24)14-6-5-12(20)7-17(14)21/h1-7,10-11,15H,8-9H2/t15-,18+/m1/s1. The molecule has 25 heavy (non-hydrogen) atoms. The summed E-state index contributed by atoms with van der Waals surface area (Å²) in [4.78, 5) is 3.93. The summed E-state index contributed by atoms with van der Waals surface area (Å²) in [5, 5.41) is 4.69. The lowest BCUT2D eigenvalue weighted by Gasteiger charge is -2.50. The molecule has 1 aliphatic rings. The molecule has 1 saturated heterocycles. The largest absolute Gasteiger partial charge is 0.367 e. The zero-order valence-electron chi connectivity index (χ0n) is 13.1. The van der Waals surface area contributed by atoms with Crippen LogP contribution in [0.1, 0.15) is 17.0 Å². The predicted octanol–water partition coefficient (Wildman–Crippen LogP) is 3.92. The molecule has 3 aromatic rings. The molecule has 128 valence electrons. The highest BCUT2D eigenvalue weighted by atomic mass is 35.5. The summed E-state index contributed by atoms with van der Waals surface area (Å²) in [5.74, 6) is -1.48. The Morgan fingerprint density at radius 3 is 2.72 bits per heavy atom. The summed E-state index contributed by atoms with van der Waals surface area (Å²) in [7, 11) is 0. The molecule has 7 heteroatoms. The summed E-state index contributed by atoms with van der Waals surface area (Å²) in [6.07, 6.45) is 2.94. The van der Waals surface area contributed by atoms with Gasteiger partial charge in [0.2, 0.25) is 0 Å². The van der Waals surface area contributed by atoms with E-state index in [1.807, 2.05) is 18.2 Å². The number of rotatable bonds is 4. The Labute approximate surface area is 148 Å². The molecule has 0 spiro atoms. The third-order valence-electron chi connectivity index (χ3n) is 4.60. The quantitative estimate of drug-likeness (QED) is 0.707. The van der Waals surface area contributed by atoms with Gasteiger partial charge in [0.05, 0.1) is 13.2 Å². The van der Waals surface area contributed by atoms with E-state index in [9.17, 15) is 8.78 Å². The summed E-state index contributed by atoms with van der Waals surface area (Å²) in [5.41, 5.74) is 0.107. The van der Waals surface area contributed by atoms with E-state index in [0.29, 0.717) is 11.6 Å². The van der Waals surface area contributed by atoms with Crippen LogP contribution in [0.4, 0.5) is 8.78 Å². The molecule has 1 aromatic heterocycles. The SMILES string of the molecule is Fc1ccc([C@]2(Cn3cncn3)OC[C@@H]2c2ccccc2Cl)c(F)c1. The van der Waals surface area contributed by atoms with Crippen molar-refractivity contribution in [2.75, 3.05) is 6.61 Å². The van der Waals surface area contributed by atoms with Crippen LogP contribution in [0.15, 0.2) is 55.1 Å². The molecule has 0 unspecified atom stereocenters. The number of aromatic nitrogens is 3. The van der Waals surface area contributed by atoms with Crippen LogP contribution in [0.3, 0.4) is 0 Å². The summed E-state index contributed by atoms with van der Waals surface area (Å²) < 4.78 is 35.5. The first-order chi connectivity index (χ1) is 12.1. The molecule has 4 rings (SSSR count). The minimum absolute atomic E-state index is 0.189. The van der Waals surface area contributed by atoms with Gasteiger partial charge in [-0.1, -0.05) is 35.9 Å². The highest BCUT2D eigenvalue weighted by Crippen LogP contribution is 2.51. The second kappa shape index (κ2) is 6.20. The third-order valence-corrected chi connectivity index (χ3v) is 4.95. The van der Waals surface area contributed by atoms with Crippen molar-refractivity contribution in [1.82, 2.24) is 14.8 Å². The zero-order chi connectivity index (χ0) is 17.4. The van der Waals surface area contributed by atoms with Gasteiger partial charge in [-0.25, -0.2) is 18.4 Å². The highest BCUT2D eigenvalue weighted by molar-refractivity contribution is 6.31. The maximum absolute atomic E-state index is 14.6. The summed E-state index contributed by atoms with van der Waals surface area (Å²) in [6.45, 7) is 0.626. The Balaban J connectivity index is 1.83. The van der Waals surface area contributed by atoms with Gasteiger partial charge in [0.1, 0.15) is 29.9 Å². The van der Waals surface area contributed by atoms with E-state index in [-0.39, 0.29) is 18.0 Å². The van der Waals surface area contributed by atoms with Gasteiger partial charge in [0.15, 0.2) is 0 Å². The lowest BCUT2D eigenvalue weighted by atomic mass is 9.73. The number of hydrogen-bond acceptors (Lipinski definition) is 3. The van der Waals surface area contributed by atoms with Crippen molar-refractivity contribution in [3.63, 3.8) is 0 Å². The van der Waals surface area contributed by atoms with E-state index in [4.69, 9.17) is 16.3 Å². The molecule has 1 aliphatic heterocycles. The van der Waals surface area contributed by atoms with E-state index < -0.39 is 17.2 Å². The fraction of sp³-hybridized carbons (Fsp3) is 0.222. The maximum Gasteiger partial charge on any atom is 0.137 e. The van der Waals surface area contributed by atoms with Crippen LogP contribution in [0, 0.1) is 11.6 Å². The van der Waals surface area contributed by atoms with Crippen molar-refractivity contribution in [2.24, 2.45) is 0 Å². The maximum atomic E-state index is 14.6. The smallest absolute Gasteiger partial charge is 0.137 e. The molecule has 0 amide bonds. The highest BCUT2D eigenvalue weighted by Gasteiger charge is 2.53. The van der Waals surface area contributed by atoms with Gasteiger partial charge in [-0.15, -0.1) is 0 Å². The van der Waals surface area contributed by atoms with E-state index in [0.717, 1.165) is 11.6 Å². The minimum Gasteiger partial charge on any atom is -0.367 e. The van der Waals surface area contributed by atoms with Gasteiger partial charge in [-0.05, 0) is 17.7 Å². The van der Waals surface area contributed by atoms with Crippen LogP contribution in [-0.2, 0) is 16.9 Å². The molecule has 0 bridgehead atoms. The van der Waals surface area contributed by atoms with Gasteiger partial charge < -0.3 is 4.74 Å². The van der Waals surface area contributed by atoms with Crippen molar-refractivity contribution in [3.05, 3.63) is 82.9 Å². The average Bonchev–Trinajstić information content (AvgIpc) is 3.07. The number of halogens is 3. The van der Waals surface area contributed by atoms with Gasteiger partial charge >= 0.3 is 0 Å². The number of hydrogen-bond donors (Lipinski definition) is 0. The molecule has 2 aromatic carbocycles. The Kier molecular flexibility index (Phi) is 4.01. The second-order valence-electron chi connectivity index (χ2n) is 5.99. The molecular weight excluding hydrogens is 348 g/mol. The average molecular weight is 362 g/mol. The topological polar surface area (TPSA) is 39.9 Å². The van der Waals surface area contributed by atoms with Gasteiger partial charge in [0.25, 0.3) is 0 Å². The molecule has 0 saturated carbocycles. The monoisotopic (exact) mass is 361 g/mol. The van der Waals surface area contributed by atoms with Crippen molar-refractivity contribution in [2.45, 2.75) is 18.1 Å². The van der Waals surface area contributed by atoms with E-state index in [1.165, 1.54) is 24.8 Å². The first-order valence-corrected chi connectivity index (χ1v) is 8.14. The molecule has 1 fully saturated rings. The van der Waals surface area contributed by atoms with Crippen LogP contribution < -0.4 is 0 Å². The van der Waals surface area contributed by atoms with E-state index in [1.54, 1.807) is 10.7 Å². The minimum atomic E-state index is -1.03. The number of benzene rings is 2. The van der Waals surface area contributed by atoms with Crippen molar-refractivity contribution < 1.29 is 13.5 Å². The molecule has 0 N–H and O–H groups in total. The lowest BCUT2D eigenvalue weighted by molar-refractivity contribution is -0.190. The van der Waals surface area contributed by atoms with Gasteiger partial charge in [-0.3, -0.25) is 0 Å². The molecule has 2 heterocycles. The fourth-order valence-corrected chi connectivity index (χ4v) is 3.63. The van der Waals surface area contributed by atoms with Gasteiger partial charge in [0, 0.05) is 22.6 Å². The van der Waals surface area contributed by atoms with Crippen LogP contribution in [0.25, 0.3) is 0 Å². The fourth-order valence-electron chi connectivity index (χ4n) is 3.36. The molecule has 0 radical (unpaired) electrons. The van der Waals surface area contributed by atoms with Gasteiger partial charge in [-0.2, -0.15) is 5.10 Å². The first kappa shape index (κ1) is 16.2. The van der Waals surface area contributed by atoms with Crippen LogP contribution in [-0.4, -0.2) is 21.4 Å². The molecular formula is C18H14ClF2N3O. The Bertz CT molecular complexity index is 903. The Morgan fingerprint density at radius 1 is 1.24 bits per heavy atom. The summed E-state index contributed by atoms with van der Waals surface area (Å²) in [6, 6.07) is 10.9. The Morgan fingerprint density at radius 2 is 2.08 bits per heavy atom. The number of ether oxygens (including phenoxy) is 1. The summed E-state index contributed by atoms with van der Waals surface area (Å²) >= 11 is 6.35. The lowest BCUT2D eigenvalue weighted by Crippen LogP contribution is -2.52. The first-order valence-electron chi connectivity index (χ1n) is 7.76. The number of nitrogens with zero attached hydrogens (tertiary/aromatic N) is 3. The third kappa shape index (κ3) is 2.71. The molecule has 4 nitrogen and oxygen atoms in total. The van der Waals surface area contributed by atoms with Crippen LogP contribution in [0.5, 0.6) is 0 Å². The normalized spacial score (nSPS) is 22.6. The van der Waals surface area contributed by atoms with E-state index in [2.05, 4.69) is 10.1 Å². The van der Waals surface area contributed by atoms with E-state index >= 15 is 0 Å². The second-order valence-corrected chi connectivity index (χ2v) is 6.40. The molecule has 2 atom stereocenters. The Hall–Kier alpha value is -2.31. The van der Waals surface area contributed by atoms with Crippen molar-refractivity contribution in [3.8, 4) is 0 Å². The van der Waals surface area contributed by atoms with Crippen LogP contribution >= 0.6 is 11.6 Å². The van der Waals surface area contributed by atoms with Crippen LogP contribution in [0.2, 0.25) is 5.02 Å². The predicted molar refractivity (Wildman–Crippen MR) is 88.2 cm³/mol. The molecule has 0 aliphatic carbocycles. The van der Waals surface area contributed by atoms with Crippen molar-refractivity contribution in [1.29, 1.82) is 0 Å². The van der Waals surface area contributed by atoms with Crippen molar-refractivity contribution >= 4 is 11.6 Å².